The van der Waals surface area contributed by atoms with Gasteiger partial charge >= 0.3 is 0 Å². The number of nitrogens with one attached hydrogen (secondary N) is 2. The van der Waals surface area contributed by atoms with Crippen LogP contribution in [-0.4, -0.2) is 27.7 Å². The van der Waals surface area contributed by atoms with E-state index in [1.807, 2.05) is 0 Å². The van der Waals surface area contributed by atoms with Gasteiger partial charge < -0.3 is 10.1 Å². The van der Waals surface area contributed by atoms with Gasteiger partial charge in [-0.15, -0.1) is 0 Å². The van der Waals surface area contributed by atoms with Gasteiger partial charge in [-0.3, -0.25) is 9.52 Å². The average Bonchev–Trinajstić information content (AvgIpc) is 2.46. The van der Waals surface area contributed by atoms with E-state index in [0.717, 1.165) is 6.26 Å². The molecular formula is C15H15ClN2O4S. The molecule has 0 atom stereocenters. The molecule has 2 aromatic rings. The van der Waals surface area contributed by atoms with Crippen molar-refractivity contribution < 1.29 is 17.9 Å². The maximum atomic E-state index is 12.5. The highest BCUT2D eigenvalue weighted by atomic mass is 35.5. The van der Waals surface area contributed by atoms with Gasteiger partial charge in [0.15, 0.2) is 0 Å². The van der Waals surface area contributed by atoms with E-state index >= 15 is 0 Å². The molecule has 122 valence electrons. The highest BCUT2D eigenvalue weighted by molar-refractivity contribution is 7.92. The van der Waals surface area contributed by atoms with Gasteiger partial charge in [0.2, 0.25) is 10.0 Å². The second-order valence-corrected chi connectivity index (χ2v) is 6.90. The molecule has 0 bridgehead atoms. The van der Waals surface area contributed by atoms with Crippen molar-refractivity contribution in [1.29, 1.82) is 0 Å². The Bertz CT molecular complexity index is 837. The molecule has 0 spiro atoms. The van der Waals surface area contributed by atoms with Gasteiger partial charge in [-0.2, -0.15) is 0 Å². The van der Waals surface area contributed by atoms with Crippen LogP contribution in [0.25, 0.3) is 0 Å². The summed E-state index contributed by atoms with van der Waals surface area (Å²) in [5.41, 5.74) is 0.757. The lowest BCUT2D eigenvalue weighted by atomic mass is 10.1. The van der Waals surface area contributed by atoms with Gasteiger partial charge in [0, 0.05) is 5.02 Å². The minimum absolute atomic E-state index is 0.181. The van der Waals surface area contributed by atoms with E-state index in [4.69, 9.17) is 16.3 Å². The monoisotopic (exact) mass is 354 g/mol. The molecule has 1 amide bonds. The molecule has 2 rings (SSSR count). The summed E-state index contributed by atoms with van der Waals surface area (Å²) < 4.78 is 30.3. The number of hydrogen-bond donors (Lipinski definition) is 2. The van der Waals surface area contributed by atoms with Crippen LogP contribution in [0.3, 0.4) is 0 Å². The quantitative estimate of drug-likeness (QED) is 0.864. The van der Waals surface area contributed by atoms with Gasteiger partial charge in [-0.1, -0.05) is 23.7 Å². The van der Waals surface area contributed by atoms with Gasteiger partial charge in [0.25, 0.3) is 5.91 Å². The van der Waals surface area contributed by atoms with Crippen LogP contribution in [0.5, 0.6) is 5.75 Å². The van der Waals surface area contributed by atoms with Crippen molar-refractivity contribution in [1.82, 2.24) is 0 Å². The molecule has 2 aromatic carbocycles. The summed E-state index contributed by atoms with van der Waals surface area (Å²) in [6.45, 7) is 0. The average molecular weight is 355 g/mol. The molecule has 0 radical (unpaired) electrons. The maximum Gasteiger partial charge on any atom is 0.257 e. The SMILES string of the molecule is COc1ccc(Cl)cc1NC(=O)c1ccccc1NS(C)(=O)=O. The van der Waals surface area contributed by atoms with Gasteiger partial charge in [0.1, 0.15) is 5.75 Å². The lowest BCUT2D eigenvalue weighted by Crippen LogP contribution is -2.17. The second-order valence-electron chi connectivity index (χ2n) is 4.72. The summed E-state index contributed by atoms with van der Waals surface area (Å²) >= 11 is 5.92. The molecule has 0 aliphatic rings. The molecule has 8 heteroatoms. The van der Waals surface area contributed by atoms with Crippen LogP contribution in [0, 0.1) is 0 Å². The van der Waals surface area contributed by atoms with Crippen molar-refractivity contribution in [3.63, 3.8) is 0 Å². The Kier molecular flexibility index (Phi) is 5.12. The van der Waals surface area contributed by atoms with E-state index < -0.39 is 15.9 Å². The number of hydrogen-bond acceptors (Lipinski definition) is 4. The maximum absolute atomic E-state index is 12.5. The number of benzene rings is 2. The fourth-order valence-corrected chi connectivity index (χ4v) is 2.69. The Hall–Kier alpha value is -2.25. The van der Waals surface area contributed by atoms with Crippen molar-refractivity contribution in [2.24, 2.45) is 0 Å². The van der Waals surface area contributed by atoms with Crippen LogP contribution in [0.1, 0.15) is 10.4 Å². The summed E-state index contributed by atoms with van der Waals surface area (Å²) in [4.78, 5) is 12.5. The first kappa shape index (κ1) is 17.1. The first-order valence-corrected chi connectivity index (χ1v) is 8.79. The van der Waals surface area contributed by atoms with Crippen molar-refractivity contribution in [3.05, 3.63) is 53.1 Å². The number of ether oxygens (including phenoxy) is 1. The Labute approximate surface area is 139 Å². The van der Waals surface area contributed by atoms with E-state index in [0.29, 0.717) is 16.5 Å². The highest BCUT2D eigenvalue weighted by Gasteiger charge is 2.15. The predicted molar refractivity (Wildman–Crippen MR) is 90.9 cm³/mol. The smallest absolute Gasteiger partial charge is 0.257 e. The number of rotatable bonds is 5. The number of carbonyl (C=O) groups is 1. The fraction of sp³-hybridized carbons (Fsp3) is 0.133. The van der Waals surface area contributed by atoms with Crippen molar-refractivity contribution in [2.45, 2.75) is 0 Å². The number of anilines is 2. The lowest BCUT2D eigenvalue weighted by Gasteiger charge is -2.13. The summed E-state index contributed by atoms with van der Waals surface area (Å²) in [6, 6.07) is 11.1. The number of halogens is 1. The second kappa shape index (κ2) is 6.89. The molecule has 0 aliphatic heterocycles. The van der Waals surface area contributed by atoms with E-state index in [9.17, 15) is 13.2 Å². The van der Waals surface area contributed by atoms with Crippen molar-refractivity contribution in [2.75, 3.05) is 23.4 Å². The number of amides is 1. The number of sulfonamides is 1. The van der Waals surface area contributed by atoms with Crippen molar-refractivity contribution >= 4 is 38.9 Å². The van der Waals surface area contributed by atoms with Crippen molar-refractivity contribution in [3.8, 4) is 5.75 Å². The third-order valence-electron chi connectivity index (χ3n) is 2.88. The minimum atomic E-state index is -3.50. The molecule has 0 aliphatic carbocycles. The normalized spacial score (nSPS) is 10.9. The molecule has 0 fully saturated rings. The van der Waals surface area contributed by atoms with Crippen LogP contribution in [0.4, 0.5) is 11.4 Å². The molecule has 0 heterocycles. The van der Waals surface area contributed by atoms with Gasteiger partial charge in [0.05, 0.1) is 30.3 Å². The Morgan fingerprint density at radius 2 is 1.83 bits per heavy atom. The van der Waals surface area contributed by atoms with Crippen LogP contribution < -0.4 is 14.8 Å². The Morgan fingerprint density at radius 1 is 1.13 bits per heavy atom. The summed E-state index contributed by atoms with van der Waals surface area (Å²) in [7, 11) is -2.03. The van der Waals surface area contributed by atoms with Gasteiger partial charge in [-0.05, 0) is 30.3 Å². The van der Waals surface area contributed by atoms with E-state index in [1.165, 1.54) is 19.2 Å². The van der Waals surface area contributed by atoms with E-state index in [-0.39, 0.29) is 11.3 Å². The summed E-state index contributed by atoms with van der Waals surface area (Å²) in [6.07, 6.45) is 1.02. The van der Waals surface area contributed by atoms with Crippen LogP contribution in [-0.2, 0) is 10.0 Å². The molecular weight excluding hydrogens is 340 g/mol. The number of methoxy groups -OCH3 is 1. The third kappa shape index (κ3) is 4.61. The Balaban J connectivity index is 2.34. The fourth-order valence-electron chi connectivity index (χ4n) is 1.94. The van der Waals surface area contributed by atoms with E-state index in [1.54, 1.807) is 30.3 Å². The Morgan fingerprint density at radius 3 is 2.48 bits per heavy atom. The zero-order valence-corrected chi connectivity index (χ0v) is 14.0. The molecule has 6 nitrogen and oxygen atoms in total. The summed E-state index contributed by atoms with van der Waals surface area (Å²) in [5.74, 6) is -0.0476. The lowest BCUT2D eigenvalue weighted by molar-refractivity contribution is 0.102. The standard InChI is InChI=1S/C15H15ClN2O4S/c1-22-14-8-7-10(16)9-13(14)17-15(19)11-5-3-4-6-12(11)18-23(2,20)21/h3-9,18H,1-2H3,(H,17,19). The largest absolute Gasteiger partial charge is 0.495 e. The third-order valence-corrected chi connectivity index (χ3v) is 3.70. The molecule has 2 N–H and O–H groups in total. The zero-order valence-electron chi connectivity index (χ0n) is 12.5. The van der Waals surface area contributed by atoms with Crippen LogP contribution >= 0.6 is 11.6 Å². The van der Waals surface area contributed by atoms with E-state index in [2.05, 4.69) is 10.0 Å². The van der Waals surface area contributed by atoms with Gasteiger partial charge in [-0.25, -0.2) is 8.42 Å². The predicted octanol–water partition coefficient (Wildman–Crippen LogP) is 2.97. The van der Waals surface area contributed by atoms with Crippen LogP contribution in [0.15, 0.2) is 42.5 Å². The zero-order chi connectivity index (χ0) is 17.0. The first-order chi connectivity index (χ1) is 10.8. The minimum Gasteiger partial charge on any atom is -0.495 e. The topological polar surface area (TPSA) is 84.5 Å². The number of para-hydroxylation sites is 1. The number of carbonyl (C=O) groups excluding carboxylic acids is 1. The molecule has 0 unspecified atom stereocenters. The molecule has 0 saturated heterocycles. The first-order valence-electron chi connectivity index (χ1n) is 6.52. The molecule has 0 saturated carbocycles. The molecule has 0 aromatic heterocycles. The summed E-state index contributed by atoms with van der Waals surface area (Å²) in [5, 5.41) is 3.10. The highest BCUT2D eigenvalue weighted by Crippen LogP contribution is 2.28. The van der Waals surface area contributed by atoms with Crippen LogP contribution in [0.2, 0.25) is 5.02 Å². The molecule has 23 heavy (non-hydrogen) atoms.